The second-order valence-electron chi connectivity index (χ2n) is 4.94. The van der Waals surface area contributed by atoms with Crippen molar-refractivity contribution in [2.45, 2.75) is 19.4 Å². The highest BCUT2D eigenvalue weighted by atomic mass is 32.2. The Morgan fingerprint density at radius 3 is 2.41 bits per heavy atom. The molecular formula is C10H21N3O3S. The van der Waals surface area contributed by atoms with E-state index >= 15 is 0 Å². The molecule has 2 saturated heterocycles. The molecule has 2 rings (SSSR count). The molecule has 6 nitrogen and oxygen atoms in total. The number of rotatable bonds is 2. The summed E-state index contributed by atoms with van der Waals surface area (Å²) in [5.41, 5.74) is 5.89. The van der Waals surface area contributed by atoms with Crippen LogP contribution >= 0.6 is 0 Å². The van der Waals surface area contributed by atoms with Gasteiger partial charge in [0, 0.05) is 32.2 Å². The van der Waals surface area contributed by atoms with E-state index in [9.17, 15) is 8.42 Å². The molecule has 0 aromatic rings. The molecule has 0 saturated carbocycles. The van der Waals surface area contributed by atoms with E-state index in [4.69, 9.17) is 10.5 Å². The van der Waals surface area contributed by atoms with Gasteiger partial charge in [0.2, 0.25) is 0 Å². The van der Waals surface area contributed by atoms with Crippen LogP contribution in [0.1, 0.15) is 13.3 Å². The number of piperidine rings is 1. The molecule has 0 spiro atoms. The maximum atomic E-state index is 12.4. The predicted molar refractivity (Wildman–Crippen MR) is 64.6 cm³/mol. The van der Waals surface area contributed by atoms with Crippen molar-refractivity contribution in [3.8, 4) is 0 Å². The van der Waals surface area contributed by atoms with Gasteiger partial charge < -0.3 is 10.5 Å². The lowest BCUT2D eigenvalue weighted by molar-refractivity contribution is 0.0689. The van der Waals surface area contributed by atoms with Crippen LogP contribution in [-0.4, -0.2) is 62.5 Å². The van der Waals surface area contributed by atoms with Crippen LogP contribution in [-0.2, 0) is 14.9 Å². The minimum Gasteiger partial charge on any atom is -0.379 e. The van der Waals surface area contributed by atoms with Gasteiger partial charge in [-0.3, -0.25) is 0 Å². The van der Waals surface area contributed by atoms with Gasteiger partial charge in [0.1, 0.15) is 0 Å². The first kappa shape index (κ1) is 13.2. The van der Waals surface area contributed by atoms with Gasteiger partial charge in [0.25, 0.3) is 10.2 Å². The van der Waals surface area contributed by atoms with E-state index in [2.05, 4.69) is 0 Å². The quantitative estimate of drug-likeness (QED) is 0.710. The lowest BCUT2D eigenvalue weighted by Crippen LogP contribution is -2.55. The zero-order valence-electron chi connectivity index (χ0n) is 10.2. The molecule has 0 aliphatic carbocycles. The summed E-state index contributed by atoms with van der Waals surface area (Å²) in [6.07, 6.45) is 0.898. The van der Waals surface area contributed by atoms with Crippen LogP contribution in [0.25, 0.3) is 0 Å². The second-order valence-corrected chi connectivity index (χ2v) is 6.87. The summed E-state index contributed by atoms with van der Waals surface area (Å²) in [5, 5.41) is 0. The topological polar surface area (TPSA) is 75.9 Å². The summed E-state index contributed by atoms with van der Waals surface area (Å²) in [5.74, 6) is 0.328. The first-order valence-corrected chi connectivity index (χ1v) is 7.48. The SMILES string of the molecule is CC1CC(N)CN(S(=O)(=O)N2CCOCC2)C1. The number of hydrogen-bond acceptors (Lipinski definition) is 4. The van der Waals surface area contributed by atoms with Crippen LogP contribution in [0.2, 0.25) is 0 Å². The number of morpholine rings is 1. The van der Waals surface area contributed by atoms with Crippen molar-refractivity contribution in [2.24, 2.45) is 11.7 Å². The maximum absolute atomic E-state index is 12.4. The summed E-state index contributed by atoms with van der Waals surface area (Å²) in [6, 6.07) is -0.0467. The van der Waals surface area contributed by atoms with Crippen LogP contribution in [0.4, 0.5) is 0 Å². The summed E-state index contributed by atoms with van der Waals surface area (Å²) < 4.78 is 32.9. The minimum absolute atomic E-state index is 0.0467. The van der Waals surface area contributed by atoms with E-state index in [0.29, 0.717) is 45.3 Å². The van der Waals surface area contributed by atoms with Crippen molar-refractivity contribution >= 4 is 10.2 Å². The normalized spacial score (nSPS) is 33.8. The Morgan fingerprint density at radius 2 is 1.82 bits per heavy atom. The first-order valence-electron chi connectivity index (χ1n) is 6.08. The Kier molecular flexibility index (Phi) is 4.04. The van der Waals surface area contributed by atoms with Crippen LogP contribution in [0.15, 0.2) is 0 Å². The Hall–Kier alpha value is -0.210. The van der Waals surface area contributed by atoms with Gasteiger partial charge in [-0.2, -0.15) is 17.0 Å². The summed E-state index contributed by atoms with van der Waals surface area (Å²) in [6.45, 7) is 4.91. The van der Waals surface area contributed by atoms with E-state index in [0.717, 1.165) is 6.42 Å². The number of nitrogens with two attached hydrogens (primary N) is 1. The largest absolute Gasteiger partial charge is 0.379 e. The Morgan fingerprint density at radius 1 is 1.18 bits per heavy atom. The van der Waals surface area contributed by atoms with E-state index in [1.54, 1.807) is 0 Å². The summed E-state index contributed by atoms with van der Waals surface area (Å²) in [7, 11) is -3.34. The fraction of sp³-hybridized carbons (Fsp3) is 1.00. The molecule has 0 aromatic carbocycles. The highest BCUT2D eigenvalue weighted by Crippen LogP contribution is 2.20. The molecule has 2 fully saturated rings. The lowest BCUT2D eigenvalue weighted by atomic mass is 9.99. The third-order valence-corrected chi connectivity index (χ3v) is 5.25. The van der Waals surface area contributed by atoms with Crippen molar-refractivity contribution in [3.63, 3.8) is 0 Å². The van der Waals surface area contributed by atoms with E-state index < -0.39 is 10.2 Å². The molecule has 100 valence electrons. The summed E-state index contributed by atoms with van der Waals surface area (Å²) in [4.78, 5) is 0. The molecule has 2 aliphatic rings. The molecule has 17 heavy (non-hydrogen) atoms. The molecule has 2 atom stereocenters. The zero-order chi connectivity index (χ0) is 12.5. The van der Waals surface area contributed by atoms with Crippen LogP contribution in [0.3, 0.4) is 0 Å². The van der Waals surface area contributed by atoms with Gasteiger partial charge in [0.15, 0.2) is 0 Å². The molecule has 2 heterocycles. The smallest absolute Gasteiger partial charge is 0.282 e. The van der Waals surface area contributed by atoms with Gasteiger partial charge in [-0.05, 0) is 12.3 Å². The zero-order valence-corrected chi connectivity index (χ0v) is 11.0. The molecule has 2 aliphatic heterocycles. The van der Waals surface area contributed by atoms with E-state index in [-0.39, 0.29) is 6.04 Å². The maximum Gasteiger partial charge on any atom is 0.282 e. The monoisotopic (exact) mass is 263 g/mol. The number of ether oxygens (including phenoxy) is 1. The van der Waals surface area contributed by atoms with Gasteiger partial charge >= 0.3 is 0 Å². The molecule has 0 bridgehead atoms. The fourth-order valence-electron chi connectivity index (χ4n) is 2.48. The van der Waals surface area contributed by atoms with Crippen molar-refractivity contribution in [2.75, 3.05) is 39.4 Å². The fourth-order valence-corrected chi connectivity index (χ4v) is 4.24. The molecule has 0 aromatic heterocycles. The van der Waals surface area contributed by atoms with Crippen LogP contribution in [0.5, 0.6) is 0 Å². The minimum atomic E-state index is -3.34. The average molecular weight is 263 g/mol. The van der Waals surface area contributed by atoms with Crippen molar-refractivity contribution < 1.29 is 13.2 Å². The molecule has 7 heteroatoms. The number of hydrogen-bond donors (Lipinski definition) is 1. The van der Waals surface area contributed by atoms with Crippen molar-refractivity contribution in [1.82, 2.24) is 8.61 Å². The third-order valence-electron chi connectivity index (χ3n) is 3.28. The van der Waals surface area contributed by atoms with Gasteiger partial charge in [0.05, 0.1) is 13.2 Å². The highest BCUT2D eigenvalue weighted by Gasteiger charge is 2.35. The van der Waals surface area contributed by atoms with E-state index in [1.165, 1.54) is 8.61 Å². The Balaban J connectivity index is 2.08. The second kappa shape index (κ2) is 5.19. The lowest BCUT2D eigenvalue weighted by Gasteiger charge is -2.38. The molecule has 2 unspecified atom stereocenters. The standard InChI is InChI=1S/C10H21N3O3S/c1-9-6-10(11)8-13(7-9)17(14,15)12-2-4-16-5-3-12/h9-10H,2-8,11H2,1H3. The first-order chi connectivity index (χ1) is 8.00. The van der Waals surface area contributed by atoms with E-state index in [1.807, 2.05) is 6.92 Å². The summed E-state index contributed by atoms with van der Waals surface area (Å²) >= 11 is 0. The van der Waals surface area contributed by atoms with Crippen LogP contribution in [0, 0.1) is 5.92 Å². The molecule has 0 radical (unpaired) electrons. The Bertz CT molecular complexity index is 344. The molecular weight excluding hydrogens is 242 g/mol. The average Bonchev–Trinajstić information content (AvgIpc) is 2.29. The third kappa shape index (κ3) is 2.97. The van der Waals surface area contributed by atoms with Gasteiger partial charge in [-0.15, -0.1) is 0 Å². The highest BCUT2D eigenvalue weighted by molar-refractivity contribution is 7.86. The molecule has 2 N–H and O–H groups in total. The number of nitrogens with zero attached hydrogens (tertiary/aromatic N) is 2. The van der Waals surface area contributed by atoms with Gasteiger partial charge in [-0.1, -0.05) is 6.92 Å². The Labute approximate surface area is 103 Å². The van der Waals surface area contributed by atoms with Gasteiger partial charge in [-0.25, -0.2) is 0 Å². The predicted octanol–water partition coefficient (Wildman–Crippen LogP) is -0.767. The van der Waals surface area contributed by atoms with Crippen molar-refractivity contribution in [1.29, 1.82) is 0 Å². The molecule has 0 amide bonds. The van der Waals surface area contributed by atoms with Crippen molar-refractivity contribution in [3.05, 3.63) is 0 Å². The van der Waals surface area contributed by atoms with Crippen LogP contribution < -0.4 is 5.73 Å².